The van der Waals surface area contributed by atoms with E-state index in [0.29, 0.717) is 18.0 Å². The lowest BCUT2D eigenvalue weighted by Crippen LogP contribution is -2.30. The van der Waals surface area contributed by atoms with Crippen molar-refractivity contribution < 1.29 is 9.53 Å². The fourth-order valence-corrected chi connectivity index (χ4v) is 2.45. The molecular formula is C20H19N3O3. The molecule has 0 saturated heterocycles. The number of carbonyl (C=O) groups excluding carboxylic acids is 1. The standard InChI is InChI=1S/C20H19N3O3/c1-15(26-18-9-3-2-4-10-18)19(24)22-17-8-5-7-16(13-17)14-23-12-6-11-21-20(23)25/h2-13,15H,14H2,1H3,(H,22,24)/t15-/m1/s1. The first-order valence-corrected chi connectivity index (χ1v) is 8.25. The van der Waals surface area contributed by atoms with Crippen molar-refractivity contribution in [3.63, 3.8) is 0 Å². The zero-order valence-electron chi connectivity index (χ0n) is 14.3. The van der Waals surface area contributed by atoms with Crippen molar-refractivity contribution in [3.05, 3.63) is 89.1 Å². The molecule has 3 rings (SSSR count). The van der Waals surface area contributed by atoms with E-state index in [1.54, 1.807) is 37.4 Å². The average molecular weight is 349 g/mol. The van der Waals surface area contributed by atoms with E-state index in [1.165, 1.54) is 10.8 Å². The summed E-state index contributed by atoms with van der Waals surface area (Å²) in [5.74, 6) is 0.393. The summed E-state index contributed by atoms with van der Waals surface area (Å²) in [4.78, 5) is 27.8. The topological polar surface area (TPSA) is 73.2 Å². The molecule has 1 atom stereocenters. The van der Waals surface area contributed by atoms with Crippen molar-refractivity contribution in [2.24, 2.45) is 0 Å². The molecule has 6 nitrogen and oxygen atoms in total. The summed E-state index contributed by atoms with van der Waals surface area (Å²) in [6.07, 6.45) is 2.50. The summed E-state index contributed by atoms with van der Waals surface area (Å²) in [5.41, 5.74) is 1.22. The van der Waals surface area contributed by atoms with Crippen molar-refractivity contribution in [1.29, 1.82) is 0 Å². The first kappa shape index (κ1) is 17.4. The maximum atomic E-state index is 12.3. The number of carbonyl (C=O) groups is 1. The number of nitrogens with zero attached hydrogens (tertiary/aromatic N) is 2. The summed E-state index contributed by atoms with van der Waals surface area (Å²) in [7, 11) is 0. The number of benzene rings is 2. The Kier molecular flexibility index (Phi) is 5.43. The number of rotatable bonds is 6. The van der Waals surface area contributed by atoms with Crippen molar-refractivity contribution >= 4 is 11.6 Å². The van der Waals surface area contributed by atoms with Crippen LogP contribution in [-0.4, -0.2) is 21.6 Å². The number of hydrogen-bond acceptors (Lipinski definition) is 4. The normalized spacial score (nSPS) is 11.6. The lowest BCUT2D eigenvalue weighted by Gasteiger charge is -2.15. The number of hydrogen-bond donors (Lipinski definition) is 1. The molecule has 0 aliphatic carbocycles. The Hall–Kier alpha value is -3.41. The third-order valence-corrected chi connectivity index (χ3v) is 3.76. The average Bonchev–Trinajstić information content (AvgIpc) is 2.65. The molecule has 0 fully saturated rings. The largest absolute Gasteiger partial charge is 0.481 e. The van der Waals surface area contributed by atoms with Crippen LogP contribution in [0, 0.1) is 0 Å². The van der Waals surface area contributed by atoms with E-state index in [0.717, 1.165) is 5.56 Å². The quantitative estimate of drug-likeness (QED) is 0.743. The molecule has 0 radical (unpaired) electrons. The number of ether oxygens (including phenoxy) is 1. The van der Waals surface area contributed by atoms with Gasteiger partial charge in [0.15, 0.2) is 6.10 Å². The van der Waals surface area contributed by atoms with E-state index in [1.807, 2.05) is 36.4 Å². The van der Waals surface area contributed by atoms with Gasteiger partial charge in [0.05, 0.1) is 6.54 Å². The van der Waals surface area contributed by atoms with Crippen LogP contribution in [0.5, 0.6) is 5.75 Å². The third-order valence-electron chi connectivity index (χ3n) is 3.76. The molecule has 26 heavy (non-hydrogen) atoms. The molecular weight excluding hydrogens is 330 g/mol. The maximum Gasteiger partial charge on any atom is 0.347 e. The number of para-hydroxylation sites is 1. The highest BCUT2D eigenvalue weighted by Crippen LogP contribution is 2.14. The number of nitrogens with one attached hydrogen (secondary N) is 1. The summed E-state index contributed by atoms with van der Waals surface area (Å²) in [5, 5.41) is 2.84. The van der Waals surface area contributed by atoms with E-state index in [-0.39, 0.29) is 11.6 Å². The predicted octanol–water partition coefficient (Wildman–Crippen LogP) is 2.70. The van der Waals surface area contributed by atoms with Gasteiger partial charge in [-0.15, -0.1) is 0 Å². The highest BCUT2D eigenvalue weighted by molar-refractivity contribution is 5.94. The minimum Gasteiger partial charge on any atom is -0.481 e. The highest BCUT2D eigenvalue weighted by atomic mass is 16.5. The zero-order chi connectivity index (χ0) is 18.4. The fourth-order valence-electron chi connectivity index (χ4n) is 2.45. The SMILES string of the molecule is C[C@@H](Oc1ccccc1)C(=O)Nc1cccc(Cn2cccnc2=O)c1. The fraction of sp³-hybridized carbons (Fsp3) is 0.150. The molecule has 1 aromatic heterocycles. The van der Waals surface area contributed by atoms with Crippen LogP contribution in [0.15, 0.2) is 77.9 Å². The molecule has 1 amide bonds. The van der Waals surface area contributed by atoms with Crippen LogP contribution in [0.2, 0.25) is 0 Å². The van der Waals surface area contributed by atoms with Crippen molar-refractivity contribution in [2.45, 2.75) is 19.6 Å². The maximum absolute atomic E-state index is 12.3. The van der Waals surface area contributed by atoms with E-state index in [9.17, 15) is 9.59 Å². The van der Waals surface area contributed by atoms with Crippen LogP contribution in [0.25, 0.3) is 0 Å². The highest BCUT2D eigenvalue weighted by Gasteiger charge is 2.15. The minimum absolute atomic E-state index is 0.246. The molecule has 1 N–H and O–H groups in total. The van der Waals surface area contributed by atoms with Gasteiger partial charge in [0, 0.05) is 18.1 Å². The van der Waals surface area contributed by atoms with Crippen LogP contribution in [0.1, 0.15) is 12.5 Å². The molecule has 3 aromatic rings. The lowest BCUT2D eigenvalue weighted by molar-refractivity contribution is -0.122. The Morgan fingerprint density at radius 3 is 2.73 bits per heavy atom. The zero-order valence-corrected chi connectivity index (χ0v) is 14.3. The van der Waals surface area contributed by atoms with Crippen molar-refractivity contribution in [3.8, 4) is 5.75 Å². The Morgan fingerprint density at radius 1 is 1.15 bits per heavy atom. The molecule has 2 aromatic carbocycles. The summed E-state index contributed by atoms with van der Waals surface area (Å²) < 4.78 is 7.13. The van der Waals surface area contributed by atoms with Gasteiger partial charge in [-0.05, 0) is 42.8 Å². The smallest absolute Gasteiger partial charge is 0.347 e. The second-order valence-corrected chi connectivity index (χ2v) is 5.79. The van der Waals surface area contributed by atoms with E-state index in [4.69, 9.17) is 4.74 Å². The van der Waals surface area contributed by atoms with E-state index >= 15 is 0 Å². The Balaban J connectivity index is 1.65. The van der Waals surface area contributed by atoms with Gasteiger partial charge in [0.1, 0.15) is 5.75 Å². The first-order chi connectivity index (χ1) is 12.6. The van der Waals surface area contributed by atoms with Gasteiger partial charge in [-0.1, -0.05) is 30.3 Å². The Labute approximate surface area is 151 Å². The predicted molar refractivity (Wildman–Crippen MR) is 99.2 cm³/mol. The second-order valence-electron chi connectivity index (χ2n) is 5.79. The Bertz CT molecular complexity index is 938. The molecule has 0 spiro atoms. The molecule has 0 saturated carbocycles. The van der Waals surface area contributed by atoms with Crippen LogP contribution in [-0.2, 0) is 11.3 Å². The molecule has 132 valence electrons. The molecule has 0 bridgehead atoms. The van der Waals surface area contributed by atoms with Crippen LogP contribution < -0.4 is 15.7 Å². The first-order valence-electron chi connectivity index (χ1n) is 8.25. The summed E-state index contributed by atoms with van der Waals surface area (Å²) in [6.45, 7) is 2.08. The van der Waals surface area contributed by atoms with Gasteiger partial charge in [-0.3, -0.25) is 9.36 Å². The Morgan fingerprint density at radius 2 is 1.96 bits per heavy atom. The summed E-state index contributed by atoms with van der Waals surface area (Å²) in [6, 6.07) is 18.2. The van der Waals surface area contributed by atoms with E-state index in [2.05, 4.69) is 10.3 Å². The lowest BCUT2D eigenvalue weighted by atomic mass is 10.2. The molecule has 1 heterocycles. The van der Waals surface area contributed by atoms with Gasteiger partial charge < -0.3 is 10.1 Å². The number of anilines is 1. The van der Waals surface area contributed by atoms with Crippen molar-refractivity contribution in [2.75, 3.05) is 5.32 Å². The van der Waals surface area contributed by atoms with Gasteiger partial charge in [0.25, 0.3) is 5.91 Å². The summed E-state index contributed by atoms with van der Waals surface area (Å²) >= 11 is 0. The van der Waals surface area contributed by atoms with Crippen LogP contribution in [0.3, 0.4) is 0 Å². The van der Waals surface area contributed by atoms with Crippen LogP contribution in [0.4, 0.5) is 5.69 Å². The van der Waals surface area contributed by atoms with Crippen molar-refractivity contribution in [1.82, 2.24) is 9.55 Å². The molecule has 0 aliphatic heterocycles. The van der Waals surface area contributed by atoms with E-state index < -0.39 is 6.10 Å². The van der Waals surface area contributed by atoms with Gasteiger partial charge in [-0.25, -0.2) is 9.78 Å². The van der Waals surface area contributed by atoms with Gasteiger partial charge >= 0.3 is 5.69 Å². The molecule has 0 aliphatic rings. The third kappa shape index (κ3) is 4.57. The number of aromatic nitrogens is 2. The minimum atomic E-state index is -0.637. The van der Waals surface area contributed by atoms with Gasteiger partial charge in [0.2, 0.25) is 0 Å². The monoisotopic (exact) mass is 349 g/mol. The number of amides is 1. The van der Waals surface area contributed by atoms with Gasteiger partial charge in [-0.2, -0.15) is 0 Å². The second kappa shape index (κ2) is 8.11. The van der Waals surface area contributed by atoms with Crippen LogP contribution >= 0.6 is 0 Å². The molecule has 0 unspecified atom stereocenters. The molecule has 6 heteroatoms.